The van der Waals surface area contributed by atoms with Crippen molar-refractivity contribution in [2.75, 3.05) is 18.0 Å². The Kier molecular flexibility index (Phi) is 4.41. The van der Waals surface area contributed by atoms with E-state index in [1.54, 1.807) is 0 Å². The van der Waals surface area contributed by atoms with E-state index < -0.39 is 5.82 Å². The monoisotopic (exact) mass is 260 g/mol. The van der Waals surface area contributed by atoms with E-state index in [-0.39, 0.29) is 0 Å². The van der Waals surface area contributed by atoms with Crippen molar-refractivity contribution in [1.29, 1.82) is 0 Å². The van der Waals surface area contributed by atoms with E-state index in [0.29, 0.717) is 19.0 Å². The second-order valence-corrected chi connectivity index (χ2v) is 4.28. The fourth-order valence-electron chi connectivity index (χ4n) is 1.89. The summed E-state index contributed by atoms with van der Waals surface area (Å²) in [5.41, 5.74) is 7.70. The van der Waals surface area contributed by atoms with E-state index >= 15 is 0 Å². The van der Waals surface area contributed by atoms with E-state index in [0.717, 1.165) is 17.7 Å². The molecule has 0 aliphatic carbocycles. The number of benzene rings is 1. The predicted octanol–water partition coefficient (Wildman–Crippen LogP) is 2.41. The molecule has 1 heterocycles. The maximum absolute atomic E-state index is 12.9. The molecule has 1 aromatic heterocycles. The van der Waals surface area contributed by atoms with Gasteiger partial charge in [0.2, 0.25) is 5.95 Å². The lowest BCUT2D eigenvalue weighted by atomic mass is 10.2. The van der Waals surface area contributed by atoms with Gasteiger partial charge in [-0.3, -0.25) is 0 Å². The third kappa shape index (κ3) is 3.26. The molecule has 2 aromatic rings. The Labute approximate surface area is 112 Å². The molecule has 0 bridgehead atoms. The number of anilines is 2. The van der Waals surface area contributed by atoms with Crippen LogP contribution in [-0.4, -0.2) is 23.1 Å². The fraction of sp³-hybridized carbons (Fsp3) is 0.286. The van der Waals surface area contributed by atoms with Crippen molar-refractivity contribution in [3.63, 3.8) is 0 Å². The van der Waals surface area contributed by atoms with Crippen LogP contribution in [0.15, 0.2) is 36.7 Å². The van der Waals surface area contributed by atoms with Gasteiger partial charge in [0.05, 0.1) is 12.4 Å². The highest BCUT2D eigenvalue weighted by Crippen LogP contribution is 2.25. The van der Waals surface area contributed by atoms with Crippen LogP contribution in [0.2, 0.25) is 0 Å². The van der Waals surface area contributed by atoms with Crippen molar-refractivity contribution in [3.8, 4) is 0 Å². The molecule has 2 N–H and O–H groups in total. The van der Waals surface area contributed by atoms with E-state index in [1.807, 2.05) is 36.1 Å². The van der Waals surface area contributed by atoms with Crippen molar-refractivity contribution in [1.82, 2.24) is 9.97 Å². The lowest BCUT2D eigenvalue weighted by molar-refractivity contribution is 0.612. The van der Waals surface area contributed by atoms with Crippen LogP contribution in [0.1, 0.15) is 12.0 Å². The Morgan fingerprint density at radius 2 is 1.89 bits per heavy atom. The molecule has 2 rings (SSSR count). The van der Waals surface area contributed by atoms with Gasteiger partial charge in [-0.1, -0.05) is 18.2 Å². The lowest BCUT2D eigenvalue weighted by Crippen LogP contribution is -2.23. The van der Waals surface area contributed by atoms with E-state index in [9.17, 15) is 4.39 Å². The molecule has 0 fully saturated rings. The lowest BCUT2D eigenvalue weighted by Gasteiger charge is -2.24. The van der Waals surface area contributed by atoms with Crippen LogP contribution in [0, 0.1) is 12.7 Å². The molecule has 19 heavy (non-hydrogen) atoms. The quantitative estimate of drug-likeness (QED) is 0.897. The molecule has 0 amide bonds. The Hall–Kier alpha value is -2.01. The van der Waals surface area contributed by atoms with Crippen LogP contribution in [0.3, 0.4) is 0 Å². The van der Waals surface area contributed by atoms with Gasteiger partial charge in [0, 0.05) is 12.2 Å². The number of aromatic nitrogens is 2. The maximum atomic E-state index is 12.9. The molecule has 5 heteroatoms. The third-order valence-electron chi connectivity index (χ3n) is 2.84. The minimum absolute atomic E-state index is 0.438. The zero-order valence-corrected chi connectivity index (χ0v) is 10.9. The van der Waals surface area contributed by atoms with Gasteiger partial charge < -0.3 is 10.6 Å². The number of para-hydroxylation sites is 1. The fourth-order valence-corrected chi connectivity index (χ4v) is 1.89. The van der Waals surface area contributed by atoms with Gasteiger partial charge in [-0.05, 0) is 31.5 Å². The first-order valence-electron chi connectivity index (χ1n) is 6.23. The SMILES string of the molecule is Cc1ccccc1N(CCCN)c1ncc(F)cn1. The van der Waals surface area contributed by atoms with Crippen LogP contribution in [-0.2, 0) is 0 Å². The molecule has 4 nitrogen and oxygen atoms in total. The first-order chi connectivity index (χ1) is 9.22. The van der Waals surface area contributed by atoms with Gasteiger partial charge in [0.1, 0.15) is 0 Å². The molecule has 0 radical (unpaired) electrons. The number of nitrogens with zero attached hydrogens (tertiary/aromatic N) is 3. The molecule has 0 saturated heterocycles. The second-order valence-electron chi connectivity index (χ2n) is 4.28. The molecule has 1 aromatic carbocycles. The average Bonchev–Trinajstić information content (AvgIpc) is 2.43. The summed E-state index contributed by atoms with van der Waals surface area (Å²) in [5, 5.41) is 0. The predicted molar refractivity (Wildman–Crippen MR) is 73.8 cm³/mol. The highest BCUT2D eigenvalue weighted by Gasteiger charge is 2.13. The zero-order valence-electron chi connectivity index (χ0n) is 10.9. The molecule has 0 unspecified atom stereocenters. The summed E-state index contributed by atoms with van der Waals surface area (Å²) < 4.78 is 12.9. The largest absolute Gasteiger partial charge is 0.330 e. The minimum atomic E-state index is -0.438. The third-order valence-corrected chi connectivity index (χ3v) is 2.84. The summed E-state index contributed by atoms with van der Waals surface area (Å²) in [6.07, 6.45) is 3.17. The molecule has 0 saturated carbocycles. The number of nitrogens with two attached hydrogens (primary N) is 1. The van der Waals surface area contributed by atoms with E-state index in [2.05, 4.69) is 9.97 Å². The van der Waals surface area contributed by atoms with Crippen molar-refractivity contribution < 1.29 is 4.39 Å². The van der Waals surface area contributed by atoms with E-state index in [4.69, 9.17) is 5.73 Å². The first kappa shape index (κ1) is 13.4. The maximum Gasteiger partial charge on any atom is 0.230 e. The normalized spacial score (nSPS) is 10.5. The van der Waals surface area contributed by atoms with Crippen molar-refractivity contribution in [3.05, 3.63) is 48.0 Å². The Morgan fingerprint density at radius 3 is 2.53 bits per heavy atom. The highest BCUT2D eigenvalue weighted by atomic mass is 19.1. The van der Waals surface area contributed by atoms with Crippen LogP contribution in [0.5, 0.6) is 0 Å². The first-order valence-corrected chi connectivity index (χ1v) is 6.23. The summed E-state index contributed by atoms with van der Waals surface area (Å²) in [6.45, 7) is 3.31. The van der Waals surface area contributed by atoms with Crippen LogP contribution >= 0.6 is 0 Å². The topological polar surface area (TPSA) is 55.0 Å². The van der Waals surface area contributed by atoms with Crippen molar-refractivity contribution in [2.45, 2.75) is 13.3 Å². The molecular weight excluding hydrogens is 243 g/mol. The number of halogens is 1. The Morgan fingerprint density at radius 1 is 1.21 bits per heavy atom. The Bertz CT molecular complexity index is 527. The van der Waals surface area contributed by atoms with Gasteiger partial charge >= 0.3 is 0 Å². The zero-order chi connectivity index (χ0) is 13.7. The molecule has 0 aliphatic rings. The number of hydrogen-bond acceptors (Lipinski definition) is 4. The van der Waals surface area contributed by atoms with Gasteiger partial charge in [-0.2, -0.15) is 0 Å². The highest BCUT2D eigenvalue weighted by molar-refractivity contribution is 5.61. The summed E-state index contributed by atoms with van der Waals surface area (Å²) in [6, 6.07) is 7.96. The summed E-state index contributed by atoms with van der Waals surface area (Å²) in [7, 11) is 0. The number of aryl methyl sites for hydroxylation is 1. The Balaban J connectivity index is 2.35. The number of rotatable bonds is 5. The summed E-state index contributed by atoms with van der Waals surface area (Å²) >= 11 is 0. The van der Waals surface area contributed by atoms with Gasteiger partial charge in [-0.25, -0.2) is 14.4 Å². The van der Waals surface area contributed by atoms with Crippen molar-refractivity contribution in [2.24, 2.45) is 5.73 Å². The standard InChI is InChI=1S/C14H17FN4/c1-11-5-2-3-6-13(11)19(8-4-7-16)14-17-9-12(15)10-18-14/h2-3,5-6,9-10H,4,7-8,16H2,1H3. The van der Waals surface area contributed by atoms with Crippen LogP contribution in [0.4, 0.5) is 16.0 Å². The second kappa shape index (κ2) is 6.24. The van der Waals surface area contributed by atoms with Crippen molar-refractivity contribution >= 4 is 11.6 Å². The molecule has 0 atom stereocenters. The van der Waals surface area contributed by atoms with Crippen LogP contribution in [0.25, 0.3) is 0 Å². The molecule has 100 valence electrons. The summed E-state index contributed by atoms with van der Waals surface area (Å²) in [4.78, 5) is 10.1. The number of hydrogen-bond donors (Lipinski definition) is 1. The molecule has 0 spiro atoms. The molecule has 0 aliphatic heterocycles. The average molecular weight is 260 g/mol. The molecular formula is C14H17FN4. The van der Waals surface area contributed by atoms with Gasteiger partial charge in [-0.15, -0.1) is 0 Å². The smallest absolute Gasteiger partial charge is 0.230 e. The van der Waals surface area contributed by atoms with Gasteiger partial charge in [0.15, 0.2) is 5.82 Å². The van der Waals surface area contributed by atoms with Crippen LogP contribution < -0.4 is 10.6 Å². The van der Waals surface area contributed by atoms with Gasteiger partial charge in [0.25, 0.3) is 0 Å². The summed E-state index contributed by atoms with van der Waals surface area (Å²) in [5.74, 6) is 0.0523. The van der Waals surface area contributed by atoms with E-state index in [1.165, 1.54) is 12.4 Å². The minimum Gasteiger partial charge on any atom is -0.330 e.